The molecule has 1 amide bonds. The van der Waals surface area contributed by atoms with Crippen LogP contribution in [0, 0.1) is 24.2 Å². The molecule has 0 bridgehead atoms. The van der Waals surface area contributed by atoms with E-state index in [1.54, 1.807) is 0 Å². The second kappa shape index (κ2) is 7.23. The SMILES string of the molecule is Cc1cc(-n2ncc(C#N)c2NC(=O)OCC(C)C)nc2ccccc12. The van der Waals surface area contributed by atoms with E-state index in [0.29, 0.717) is 5.82 Å². The summed E-state index contributed by atoms with van der Waals surface area (Å²) in [5.74, 6) is 0.969. The normalized spacial score (nSPS) is 10.7. The van der Waals surface area contributed by atoms with Crippen LogP contribution in [-0.2, 0) is 4.74 Å². The molecule has 26 heavy (non-hydrogen) atoms. The molecule has 0 fully saturated rings. The molecule has 2 heterocycles. The van der Waals surface area contributed by atoms with Gasteiger partial charge in [0.05, 0.1) is 18.3 Å². The van der Waals surface area contributed by atoms with Crippen molar-refractivity contribution >= 4 is 22.8 Å². The summed E-state index contributed by atoms with van der Waals surface area (Å²) >= 11 is 0. The molecule has 3 aromatic rings. The maximum atomic E-state index is 12.0. The minimum atomic E-state index is -0.630. The van der Waals surface area contributed by atoms with Crippen molar-refractivity contribution in [2.45, 2.75) is 20.8 Å². The number of nitrogens with one attached hydrogen (secondary N) is 1. The number of aromatic nitrogens is 3. The lowest BCUT2D eigenvalue weighted by Gasteiger charge is -2.12. The van der Waals surface area contributed by atoms with Crippen molar-refractivity contribution < 1.29 is 9.53 Å². The molecule has 0 saturated carbocycles. The second-order valence-electron chi connectivity index (χ2n) is 6.36. The number of rotatable bonds is 4. The predicted octanol–water partition coefficient (Wildman–Crippen LogP) is 3.81. The highest BCUT2D eigenvalue weighted by Crippen LogP contribution is 2.23. The van der Waals surface area contributed by atoms with Gasteiger partial charge in [0.25, 0.3) is 0 Å². The van der Waals surface area contributed by atoms with Crippen molar-refractivity contribution in [1.29, 1.82) is 5.26 Å². The quantitative estimate of drug-likeness (QED) is 0.773. The molecule has 7 heteroatoms. The zero-order valence-corrected chi connectivity index (χ0v) is 14.9. The van der Waals surface area contributed by atoms with Gasteiger partial charge in [-0.3, -0.25) is 5.32 Å². The van der Waals surface area contributed by atoms with Gasteiger partial charge in [-0.05, 0) is 30.5 Å². The van der Waals surface area contributed by atoms with Crippen molar-refractivity contribution in [3.63, 3.8) is 0 Å². The average Bonchev–Trinajstić information content (AvgIpc) is 3.02. The predicted molar refractivity (Wildman–Crippen MR) is 98.1 cm³/mol. The third-order valence-electron chi connectivity index (χ3n) is 3.78. The number of ether oxygens (including phenoxy) is 1. The Balaban J connectivity index is 2.00. The number of aryl methyl sites for hydroxylation is 1. The molecule has 1 aromatic carbocycles. The summed E-state index contributed by atoms with van der Waals surface area (Å²) in [6.07, 6.45) is 0.763. The van der Waals surface area contributed by atoms with Gasteiger partial charge < -0.3 is 4.74 Å². The number of para-hydroxylation sites is 1. The number of carbonyl (C=O) groups is 1. The van der Waals surface area contributed by atoms with E-state index in [4.69, 9.17) is 4.74 Å². The maximum absolute atomic E-state index is 12.0. The van der Waals surface area contributed by atoms with Crippen LogP contribution in [0.4, 0.5) is 10.6 Å². The van der Waals surface area contributed by atoms with E-state index in [0.717, 1.165) is 16.5 Å². The van der Waals surface area contributed by atoms with Gasteiger partial charge in [0.2, 0.25) is 0 Å². The number of fused-ring (bicyclic) bond motifs is 1. The van der Waals surface area contributed by atoms with E-state index in [1.165, 1.54) is 10.9 Å². The fourth-order valence-electron chi connectivity index (χ4n) is 2.54. The minimum absolute atomic E-state index is 0.214. The van der Waals surface area contributed by atoms with E-state index in [1.807, 2.05) is 57.2 Å². The highest BCUT2D eigenvalue weighted by atomic mass is 16.5. The summed E-state index contributed by atoms with van der Waals surface area (Å²) in [7, 11) is 0. The first kappa shape index (κ1) is 17.4. The molecule has 0 unspecified atom stereocenters. The Labute approximate surface area is 151 Å². The Kier molecular flexibility index (Phi) is 4.85. The highest BCUT2D eigenvalue weighted by molar-refractivity contribution is 5.86. The van der Waals surface area contributed by atoms with Gasteiger partial charge in [-0.1, -0.05) is 32.0 Å². The minimum Gasteiger partial charge on any atom is -0.449 e. The largest absolute Gasteiger partial charge is 0.449 e. The summed E-state index contributed by atoms with van der Waals surface area (Å²) in [5.41, 5.74) is 2.07. The van der Waals surface area contributed by atoms with E-state index in [-0.39, 0.29) is 23.9 Å². The van der Waals surface area contributed by atoms with Gasteiger partial charge in [-0.2, -0.15) is 15.0 Å². The number of nitrogens with zero attached hydrogens (tertiary/aromatic N) is 4. The molecule has 1 N–H and O–H groups in total. The maximum Gasteiger partial charge on any atom is 0.412 e. The number of carbonyl (C=O) groups excluding carboxylic acids is 1. The van der Waals surface area contributed by atoms with Crippen molar-refractivity contribution in [3.8, 4) is 11.9 Å². The zero-order valence-electron chi connectivity index (χ0n) is 14.9. The van der Waals surface area contributed by atoms with Crippen LogP contribution in [0.1, 0.15) is 25.0 Å². The number of nitriles is 1. The van der Waals surface area contributed by atoms with Gasteiger partial charge in [0.15, 0.2) is 11.6 Å². The van der Waals surface area contributed by atoms with Crippen molar-refractivity contribution in [3.05, 3.63) is 47.7 Å². The van der Waals surface area contributed by atoms with Gasteiger partial charge in [0, 0.05) is 5.39 Å². The number of benzene rings is 1. The monoisotopic (exact) mass is 349 g/mol. The number of hydrogen-bond acceptors (Lipinski definition) is 5. The topological polar surface area (TPSA) is 92.8 Å². The lowest BCUT2D eigenvalue weighted by molar-refractivity contribution is 0.147. The second-order valence-corrected chi connectivity index (χ2v) is 6.36. The van der Waals surface area contributed by atoms with Gasteiger partial charge in [-0.25, -0.2) is 9.78 Å². The Bertz CT molecular complexity index is 1000. The summed E-state index contributed by atoms with van der Waals surface area (Å²) < 4.78 is 6.58. The molecule has 0 aliphatic carbocycles. The number of amides is 1. The summed E-state index contributed by atoms with van der Waals surface area (Å²) in [6, 6.07) is 11.7. The van der Waals surface area contributed by atoms with Crippen molar-refractivity contribution in [2.24, 2.45) is 5.92 Å². The molecular weight excluding hydrogens is 330 g/mol. The molecule has 0 radical (unpaired) electrons. The average molecular weight is 349 g/mol. The standard InChI is InChI=1S/C19H19N5O2/c1-12(2)11-26-19(25)23-18-14(9-20)10-21-24(18)17-8-13(3)15-6-4-5-7-16(15)22-17/h4-8,10,12H,11H2,1-3H3,(H,23,25). The Morgan fingerprint density at radius 1 is 1.38 bits per heavy atom. The number of anilines is 1. The number of hydrogen-bond donors (Lipinski definition) is 1. The molecule has 3 rings (SSSR count). The van der Waals surface area contributed by atoms with Crippen LogP contribution in [0.3, 0.4) is 0 Å². The fraction of sp³-hybridized carbons (Fsp3) is 0.263. The molecule has 0 aliphatic heterocycles. The first-order valence-corrected chi connectivity index (χ1v) is 8.28. The van der Waals surface area contributed by atoms with Crippen LogP contribution in [0.25, 0.3) is 16.7 Å². The summed E-state index contributed by atoms with van der Waals surface area (Å²) in [5, 5.41) is 17.2. The summed E-state index contributed by atoms with van der Waals surface area (Å²) in [4.78, 5) is 16.6. The number of pyridine rings is 1. The lowest BCUT2D eigenvalue weighted by Crippen LogP contribution is -2.19. The first-order valence-electron chi connectivity index (χ1n) is 8.28. The molecule has 7 nitrogen and oxygen atoms in total. The van der Waals surface area contributed by atoms with Crippen LogP contribution in [0.5, 0.6) is 0 Å². The molecule has 2 aromatic heterocycles. The smallest absolute Gasteiger partial charge is 0.412 e. The van der Waals surface area contributed by atoms with Gasteiger partial charge in [-0.15, -0.1) is 0 Å². The van der Waals surface area contributed by atoms with E-state index < -0.39 is 6.09 Å². The van der Waals surface area contributed by atoms with Crippen molar-refractivity contribution in [1.82, 2.24) is 14.8 Å². The van der Waals surface area contributed by atoms with E-state index in [9.17, 15) is 10.1 Å². The van der Waals surface area contributed by atoms with Crippen LogP contribution < -0.4 is 5.32 Å². The summed E-state index contributed by atoms with van der Waals surface area (Å²) in [6.45, 7) is 6.15. The molecule has 0 atom stereocenters. The van der Waals surface area contributed by atoms with Crippen LogP contribution >= 0.6 is 0 Å². The highest BCUT2D eigenvalue weighted by Gasteiger charge is 2.17. The Hall–Kier alpha value is -3.40. The molecule has 132 valence electrons. The third-order valence-corrected chi connectivity index (χ3v) is 3.78. The Morgan fingerprint density at radius 3 is 2.88 bits per heavy atom. The third kappa shape index (κ3) is 3.49. The molecule has 0 saturated heterocycles. The van der Waals surface area contributed by atoms with E-state index in [2.05, 4.69) is 15.4 Å². The van der Waals surface area contributed by atoms with Gasteiger partial charge >= 0.3 is 6.09 Å². The fourth-order valence-corrected chi connectivity index (χ4v) is 2.54. The lowest BCUT2D eigenvalue weighted by atomic mass is 10.1. The Morgan fingerprint density at radius 2 is 2.15 bits per heavy atom. The molecular formula is C19H19N5O2. The van der Waals surface area contributed by atoms with Crippen molar-refractivity contribution in [2.75, 3.05) is 11.9 Å². The van der Waals surface area contributed by atoms with E-state index >= 15 is 0 Å². The van der Waals surface area contributed by atoms with Crippen LogP contribution in [-0.4, -0.2) is 27.5 Å². The molecule has 0 spiro atoms. The molecule has 0 aliphatic rings. The van der Waals surface area contributed by atoms with Crippen LogP contribution in [0.2, 0.25) is 0 Å². The first-order chi connectivity index (χ1) is 12.5. The van der Waals surface area contributed by atoms with Crippen LogP contribution in [0.15, 0.2) is 36.5 Å². The zero-order chi connectivity index (χ0) is 18.7. The van der Waals surface area contributed by atoms with Gasteiger partial charge in [0.1, 0.15) is 11.6 Å².